The van der Waals surface area contributed by atoms with E-state index in [9.17, 15) is 14.4 Å². The van der Waals surface area contributed by atoms with E-state index in [-0.39, 0.29) is 24.1 Å². The predicted octanol–water partition coefficient (Wildman–Crippen LogP) is 2.18. The van der Waals surface area contributed by atoms with E-state index in [1.165, 1.54) is 11.2 Å². The molecule has 1 N–H and O–H groups in total. The Bertz CT molecular complexity index is 1000. The molecular weight excluding hydrogens is 384 g/mol. The lowest BCUT2D eigenvalue weighted by Crippen LogP contribution is -2.48. The molecule has 1 aromatic heterocycles. The monoisotopic (exact) mass is 398 g/mol. The zero-order valence-electron chi connectivity index (χ0n) is 14.5. The van der Waals surface area contributed by atoms with Crippen molar-refractivity contribution in [2.24, 2.45) is 11.8 Å². The van der Waals surface area contributed by atoms with Gasteiger partial charge in [0.1, 0.15) is 5.60 Å². The summed E-state index contributed by atoms with van der Waals surface area (Å²) < 4.78 is 11.1. The van der Waals surface area contributed by atoms with E-state index in [0.29, 0.717) is 10.7 Å². The first-order valence-corrected chi connectivity index (χ1v) is 9.20. The van der Waals surface area contributed by atoms with E-state index in [2.05, 4.69) is 5.32 Å². The molecule has 5 rings (SSSR count). The van der Waals surface area contributed by atoms with Crippen molar-refractivity contribution in [3.05, 3.63) is 65.6 Å². The molecule has 0 spiro atoms. The summed E-state index contributed by atoms with van der Waals surface area (Å²) in [6.45, 7) is 0.0637. The molecule has 7 nitrogen and oxygen atoms in total. The van der Waals surface area contributed by atoms with Gasteiger partial charge in [-0.05, 0) is 36.4 Å². The average Bonchev–Trinajstić information content (AvgIpc) is 3.45. The summed E-state index contributed by atoms with van der Waals surface area (Å²) in [7, 11) is 0. The molecule has 2 saturated heterocycles. The molecule has 2 aromatic rings. The summed E-state index contributed by atoms with van der Waals surface area (Å²) in [5.74, 6) is -2.17. The molecular formula is C20H15ClN2O5. The number of hydrogen-bond acceptors (Lipinski definition) is 5. The molecule has 0 saturated carbocycles. The van der Waals surface area contributed by atoms with Gasteiger partial charge in [-0.25, -0.2) is 4.90 Å². The zero-order chi connectivity index (χ0) is 19.5. The van der Waals surface area contributed by atoms with Crippen molar-refractivity contribution in [3.63, 3.8) is 0 Å². The van der Waals surface area contributed by atoms with Crippen LogP contribution in [0.5, 0.6) is 0 Å². The molecule has 3 amide bonds. The fraction of sp³-hybridized carbons (Fsp3) is 0.250. The van der Waals surface area contributed by atoms with Gasteiger partial charge < -0.3 is 14.5 Å². The number of ether oxygens (including phenoxy) is 1. The second-order valence-electron chi connectivity index (χ2n) is 7.05. The Kier molecular flexibility index (Phi) is 3.72. The van der Waals surface area contributed by atoms with E-state index in [1.807, 2.05) is 0 Å². The number of amides is 3. The van der Waals surface area contributed by atoms with Gasteiger partial charge in [-0.1, -0.05) is 23.8 Å². The predicted molar refractivity (Wildman–Crippen MR) is 98.7 cm³/mol. The van der Waals surface area contributed by atoms with Crippen LogP contribution in [0.3, 0.4) is 0 Å². The third kappa shape index (κ3) is 2.36. The highest BCUT2D eigenvalue weighted by Crippen LogP contribution is 2.52. The van der Waals surface area contributed by atoms with Crippen molar-refractivity contribution in [3.8, 4) is 0 Å². The quantitative estimate of drug-likeness (QED) is 0.630. The van der Waals surface area contributed by atoms with Crippen LogP contribution in [0, 0.1) is 11.8 Å². The van der Waals surface area contributed by atoms with Crippen molar-refractivity contribution in [2.45, 2.75) is 11.7 Å². The Morgan fingerprint density at radius 3 is 2.68 bits per heavy atom. The van der Waals surface area contributed by atoms with E-state index in [0.717, 1.165) is 0 Å². The van der Waals surface area contributed by atoms with Gasteiger partial charge in [-0.2, -0.15) is 0 Å². The molecule has 4 atom stereocenters. The normalized spacial score (nSPS) is 30.2. The van der Waals surface area contributed by atoms with Crippen LogP contribution in [0.15, 0.2) is 59.2 Å². The van der Waals surface area contributed by atoms with E-state index in [1.54, 1.807) is 48.6 Å². The fourth-order valence-electron chi connectivity index (χ4n) is 4.26. The molecule has 0 unspecified atom stereocenters. The number of carbonyl (C=O) groups is 3. The lowest BCUT2D eigenvalue weighted by atomic mass is 9.77. The molecule has 4 heterocycles. The Morgan fingerprint density at radius 1 is 1.18 bits per heavy atom. The van der Waals surface area contributed by atoms with Gasteiger partial charge in [0.2, 0.25) is 11.8 Å². The highest BCUT2D eigenvalue weighted by molar-refractivity contribution is 6.31. The molecule has 0 aliphatic carbocycles. The maximum Gasteiger partial charge on any atom is 0.287 e. The van der Waals surface area contributed by atoms with Crippen LogP contribution in [0.1, 0.15) is 10.6 Å². The summed E-state index contributed by atoms with van der Waals surface area (Å²) in [6, 6.07) is 9.71. The first kappa shape index (κ1) is 17.2. The minimum atomic E-state index is -1.05. The number of halogens is 1. The highest BCUT2D eigenvalue weighted by Gasteiger charge is 2.67. The summed E-state index contributed by atoms with van der Waals surface area (Å²) in [6.07, 6.45) is 4.48. The highest BCUT2D eigenvalue weighted by atomic mass is 35.5. The molecule has 0 radical (unpaired) electrons. The van der Waals surface area contributed by atoms with Gasteiger partial charge in [0.25, 0.3) is 5.91 Å². The number of imide groups is 1. The van der Waals surface area contributed by atoms with Crippen LogP contribution in [0.4, 0.5) is 5.69 Å². The Balaban J connectivity index is 1.42. The maximum atomic E-state index is 13.2. The van der Waals surface area contributed by atoms with E-state index >= 15 is 0 Å². The van der Waals surface area contributed by atoms with E-state index in [4.69, 9.17) is 20.8 Å². The summed E-state index contributed by atoms with van der Waals surface area (Å²) in [4.78, 5) is 39.6. The van der Waals surface area contributed by atoms with Gasteiger partial charge in [-0.3, -0.25) is 14.4 Å². The molecule has 8 heteroatoms. The molecule has 142 valence electrons. The molecule has 1 aromatic carbocycles. The number of benzene rings is 1. The smallest absolute Gasteiger partial charge is 0.287 e. The van der Waals surface area contributed by atoms with Gasteiger partial charge in [0.05, 0.1) is 36.4 Å². The van der Waals surface area contributed by atoms with Crippen molar-refractivity contribution in [1.29, 1.82) is 0 Å². The summed E-state index contributed by atoms with van der Waals surface area (Å²) in [5.41, 5.74) is -0.575. The minimum Gasteiger partial charge on any atom is -0.459 e. The average molecular weight is 399 g/mol. The van der Waals surface area contributed by atoms with Gasteiger partial charge in [0.15, 0.2) is 5.76 Å². The number of anilines is 1. The number of nitrogens with zero attached hydrogens (tertiary/aromatic N) is 1. The first-order chi connectivity index (χ1) is 13.5. The van der Waals surface area contributed by atoms with Crippen LogP contribution in [-0.2, 0) is 14.3 Å². The maximum absolute atomic E-state index is 13.2. The summed E-state index contributed by atoms with van der Waals surface area (Å²) >= 11 is 5.91. The van der Waals surface area contributed by atoms with Crippen LogP contribution < -0.4 is 10.2 Å². The number of nitrogens with one attached hydrogen (secondary N) is 1. The van der Waals surface area contributed by atoms with E-state index < -0.39 is 29.4 Å². The lowest BCUT2D eigenvalue weighted by Gasteiger charge is -2.29. The number of carbonyl (C=O) groups excluding carboxylic acids is 3. The molecule has 28 heavy (non-hydrogen) atoms. The number of hydrogen-bond donors (Lipinski definition) is 1. The van der Waals surface area contributed by atoms with Crippen LogP contribution in [0.25, 0.3) is 0 Å². The van der Waals surface area contributed by atoms with Crippen molar-refractivity contribution >= 4 is 35.0 Å². The molecule has 3 aliphatic rings. The van der Waals surface area contributed by atoms with Crippen molar-refractivity contribution < 1.29 is 23.5 Å². The Hall–Kier alpha value is -2.90. The second kappa shape index (κ2) is 6.05. The van der Waals surface area contributed by atoms with Crippen LogP contribution in [0.2, 0.25) is 5.02 Å². The Labute approximate surface area is 164 Å². The lowest BCUT2D eigenvalue weighted by molar-refractivity contribution is -0.126. The molecule has 2 bridgehead atoms. The van der Waals surface area contributed by atoms with Crippen LogP contribution in [-0.4, -0.2) is 36.0 Å². The third-order valence-electron chi connectivity index (χ3n) is 5.51. The molecule has 2 fully saturated rings. The number of rotatable bonds is 4. The third-order valence-corrected chi connectivity index (χ3v) is 5.76. The van der Waals surface area contributed by atoms with Gasteiger partial charge >= 0.3 is 0 Å². The zero-order valence-corrected chi connectivity index (χ0v) is 15.3. The minimum absolute atomic E-state index is 0.0637. The van der Waals surface area contributed by atoms with Crippen molar-refractivity contribution in [1.82, 2.24) is 5.32 Å². The summed E-state index contributed by atoms with van der Waals surface area (Å²) in [5, 5.41) is 3.27. The first-order valence-electron chi connectivity index (χ1n) is 8.82. The van der Waals surface area contributed by atoms with Gasteiger partial charge in [-0.15, -0.1) is 0 Å². The van der Waals surface area contributed by atoms with Crippen LogP contribution >= 0.6 is 11.6 Å². The Morgan fingerprint density at radius 2 is 1.96 bits per heavy atom. The van der Waals surface area contributed by atoms with Gasteiger partial charge in [0, 0.05) is 5.02 Å². The second-order valence-corrected chi connectivity index (χ2v) is 7.48. The SMILES string of the molecule is O=C(NC[C@@]12C=C[C@@H](O1)[C@@H]1C(=O)N(c3ccc(Cl)cc3)C(=O)[C@@H]12)c1ccco1. The number of furan rings is 1. The fourth-order valence-corrected chi connectivity index (χ4v) is 4.39. The number of fused-ring (bicyclic) bond motifs is 5. The molecule has 3 aliphatic heterocycles. The standard InChI is InChI=1S/C20H15ClN2O5/c21-11-3-5-12(6-4-11)23-18(25)15-13-7-8-20(28-13,16(15)19(23)26)10-22-17(24)14-2-1-9-27-14/h1-9,13,15-16H,10H2,(H,22,24)/t13-,15+,16-,20-/m1/s1. The largest absolute Gasteiger partial charge is 0.459 e. The topological polar surface area (TPSA) is 88.9 Å². The van der Waals surface area contributed by atoms with Crippen molar-refractivity contribution in [2.75, 3.05) is 11.4 Å².